The van der Waals surface area contributed by atoms with Crippen molar-refractivity contribution in [1.29, 1.82) is 0 Å². The second-order valence-corrected chi connectivity index (χ2v) is 10.3. The van der Waals surface area contributed by atoms with Crippen LogP contribution in [0.1, 0.15) is 21.6 Å². The van der Waals surface area contributed by atoms with Crippen molar-refractivity contribution in [2.75, 3.05) is 0 Å². The fraction of sp³-hybridized carbons (Fsp3) is 0.0571. The summed E-state index contributed by atoms with van der Waals surface area (Å²) in [5.74, 6) is -0.278. The molecule has 2 N–H and O–H groups in total. The first-order chi connectivity index (χ1) is 20.0. The Balaban J connectivity index is 1.55. The lowest BCUT2D eigenvalue weighted by molar-refractivity contribution is 0.0690. The highest BCUT2D eigenvalue weighted by Gasteiger charge is 2.21. The fourth-order valence-electron chi connectivity index (χ4n) is 5.67. The van der Waals surface area contributed by atoms with E-state index in [2.05, 4.69) is 70.8 Å². The highest BCUT2D eigenvalue weighted by Crippen LogP contribution is 2.37. The van der Waals surface area contributed by atoms with Gasteiger partial charge in [0.25, 0.3) is 0 Å². The number of aromatic nitrogens is 4. The lowest BCUT2D eigenvalue weighted by Gasteiger charge is -2.13. The third kappa shape index (κ3) is 4.26. The van der Waals surface area contributed by atoms with Crippen LogP contribution in [0.4, 0.5) is 0 Å². The number of benzene rings is 4. The number of imidazole rings is 1. The summed E-state index contributed by atoms with van der Waals surface area (Å²) in [6.07, 6.45) is 1.94. The van der Waals surface area contributed by atoms with Crippen LogP contribution >= 0.6 is 0 Å². The summed E-state index contributed by atoms with van der Waals surface area (Å²) >= 11 is 0. The van der Waals surface area contributed by atoms with Crippen LogP contribution in [0.5, 0.6) is 0 Å². The Kier molecular flexibility index (Phi) is 5.75. The number of aryl methyl sites for hydroxylation is 2. The molecule has 41 heavy (non-hydrogen) atoms. The Hall–Kier alpha value is -5.49. The molecule has 0 amide bonds. The Morgan fingerprint density at radius 2 is 1.51 bits per heavy atom. The molecule has 0 fully saturated rings. The zero-order chi connectivity index (χ0) is 28.1. The maximum absolute atomic E-state index is 12.1. The number of carboxylic acids is 1. The van der Waals surface area contributed by atoms with E-state index in [1.165, 1.54) is 0 Å². The lowest BCUT2D eigenvalue weighted by Crippen LogP contribution is -2.02. The van der Waals surface area contributed by atoms with Crippen LogP contribution in [0, 0.1) is 13.8 Å². The van der Waals surface area contributed by atoms with E-state index >= 15 is 0 Å². The van der Waals surface area contributed by atoms with Crippen LogP contribution in [0.15, 0.2) is 109 Å². The Labute approximate surface area is 236 Å². The van der Waals surface area contributed by atoms with Gasteiger partial charge in [-0.3, -0.25) is 4.57 Å². The van der Waals surface area contributed by atoms with Crippen molar-refractivity contribution < 1.29 is 9.90 Å². The number of nitrogens with zero attached hydrogens (tertiary/aromatic N) is 3. The molecule has 0 aliphatic carbocycles. The maximum atomic E-state index is 12.1. The standard InChI is InChI=1S/C35H26N4O2/c1-21-16-22(2)18-26(17-21)39-31-13-7-11-27(33(31)38-34(39)28-12-6-10-24-14-15-36-32(24)28)29-19-25(20-30(37-29)35(40)41)23-8-4-3-5-9-23/h3-20,36H,1-2H3,(H,40,41). The first kappa shape index (κ1) is 24.5. The summed E-state index contributed by atoms with van der Waals surface area (Å²) in [6.45, 7) is 4.19. The molecule has 4 aromatic carbocycles. The van der Waals surface area contributed by atoms with Gasteiger partial charge >= 0.3 is 5.97 Å². The number of carbonyl (C=O) groups is 1. The second-order valence-electron chi connectivity index (χ2n) is 10.3. The lowest BCUT2D eigenvalue weighted by atomic mass is 10.0. The van der Waals surface area contributed by atoms with Crippen LogP contribution in [-0.2, 0) is 0 Å². The highest BCUT2D eigenvalue weighted by molar-refractivity contribution is 6.00. The predicted octanol–water partition coefficient (Wildman–Crippen LogP) is 8.22. The number of nitrogens with one attached hydrogen (secondary N) is 1. The van der Waals surface area contributed by atoms with Crippen molar-refractivity contribution in [2.24, 2.45) is 0 Å². The van der Waals surface area contributed by atoms with Crippen molar-refractivity contribution in [1.82, 2.24) is 19.5 Å². The molecule has 3 heterocycles. The van der Waals surface area contributed by atoms with Gasteiger partial charge in [0.1, 0.15) is 11.5 Å². The molecule has 0 saturated heterocycles. The SMILES string of the molecule is Cc1cc(C)cc(-n2c(-c3cccc4cc[nH]c34)nc3c(-c4cc(-c5ccccc5)cc(C(=O)O)n4)cccc32)c1. The molecule has 0 aliphatic rings. The van der Waals surface area contributed by atoms with E-state index in [0.29, 0.717) is 5.69 Å². The molecule has 6 heteroatoms. The van der Waals surface area contributed by atoms with E-state index < -0.39 is 5.97 Å². The largest absolute Gasteiger partial charge is 0.477 e. The van der Waals surface area contributed by atoms with Gasteiger partial charge in [-0.1, -0.05) is 60.7 Å². The Bertz CT molecular complexity index is 2080. The molecule has 0 unspecified atom stereocenters. The summed E-state index contributed by atoms with van der Waals surface area (Å²) in [5.41, 5.74) is 10.0. The van der Waals surface area contributed by atoms with Gasteiger partial charge < -0.3 is 10.1 Å². The second kappa shape index (κ2) is 9.61. The number of pyridine rings is 1. The Morgan fingerprint density at radius 1 is 0.756 bits per heavy atom. The van der Waals surface area contributed by atoms with E-state index in [-0.39, 0.29) is 5.69 Å². The number of fused-ring (bicyclic) bond motifs is 2. The van der Waals surface area contributed by atoms with Crippen LogP contribution < -0.4 is 0 Å². The molecule has 3 aromatic heterocycles. The van der Waals surface area contributed by atoms with E-state index in [4.69, 9.17) is 4.98 Å². The topological polar surface area (TPSA) is 83.8 Å². The molecule has 0 saturated carbocycles. The number of para-hydroxylation sites is 2. The zero-order valence-corrected chi connectivity index (χ0v) is 22.6. The first-order valence-corrected chi connectivity index (χ1v) is 13.4. The summed E-state index contributed by atoms with van der Waals surface area (Å²) < 4.78 is 2.19. The van der Waals surface area contributed by atoms with Gasteiger partial charge in [-0.25, -0.2) is 14.8 Å². The number of aromatic amines is 1. The van der Waals surface area contributed by atoms with Gasteiger partial charge in [-0.15, -0.1) is 0 Å². The zero-order valence-electron chi connectivity index (χ0n) is 22.6. The summed E-state index contributed by atoms with van der Waals surface area (Å²) in [6, 6.07) is 34.1. The molecule has 0 atom stereocenters. The van der Waals surface area contributed by atoms with Crippen molar-refractivity contribution in [2.45, 2.75) is 13.8 Å². The average Bonchev–Trinajstić information content (AvgIpc) is 3.62. The van der Waals surface area contributed by atoms with Crippen molar-refractivity contribution >= 4 is 27.9 Å². The summed E-state index contributed by atoms with van der Waals surface area (Å²) in [4.78, 5) is 25.4. The van der Waals surface area contributed by atoms with Crippen LogP contribution in [0.25, 0.3) is 61.4 Å². The van der Waals surface area contributed by atoms with Crippen LogP contribution in [0.2, 0.25) is 0 Å². The number of aromatic carboxylic acids is 1. The van der Waals surface area contributed by atoms with Crippen LogP contribution in [0.3, 0.4) is 0 Å². The number of hydrogen-bond donors (Lipinski definition) is 2. The molecule has 198 valence electrons. The van der Waals surface area contributed by atoms with E-state index in [9.17, 15) is 9.90 Å². The van der Waals surface area contributed by atoms with E-state index in [1.807, 2.05) is 60.8 Å². The highest BCUT2D eigenvalue weighted by atomic mass is 16.4. The van der Waals surface area contributed by atoms with Crippen molar-refractivity contribution in [3.63, 3.8) is 0 Å². The minimum absolute atomic E-state index is 0.0107. The molecule has 0 spiro atoms. The van der Waals surface area contributed by atoms with Crippen LogP contribution in [-0.4, -0.2) is 30.6 Å². The number of rotatable bonds is 5. The van der Waals surface area contributed by atoms with Gasteiger partial charge in [0.2, 0.25) is 0 Å². The third-order valence-electron chi connectivity index (χ3n) is 7.41. The number of carboxylic acid groups (broad SMARTS) is 1. The van der Waals surface area contributed by atoms with Gasteiger partial charge in [0.15, 0.2) is 0 Å². The predicted molar refractivity (Wildman–Crippen MR) is 163 cm³/mol. The molecule has 0 aliphatic heterocycles. The monoisotopic (exact) mass is 534 g/mol. The normalized spacial score (nSPS) is 11.4. The van der Waals surface area contributed by atoms with Gasteiger partial charge in [0, 0.05) is 28.4 Å². The summed E-state index contributed by atoms with van der Waals surface area (Å²) in [7, 11) is 0. The molecule has 0 bridgehead atoms. The molecular formula is C35H26N4O2. The number of hydrogen-bond acceptors (Lipinski definition) is 3. The van der Waals surface area contributed by atoms with Gasteiger partial charge in [0.05, 0.1) is 22.2 Å². The van der Waals surface area contributed by atoms with Crippen molar-refractivity contribution in [3.05, 3.63) is 126 Å². The smallest absolute Gasteiger partial charge is 0.354 e. The molecular weight excluding hydrogens is 508 g/mol. The van der Waals surface area contributed by atoms with E-state index in [0.717, 1.165) is 66.8 Å². The van der Waals surface area contributed by atoms with Gasteiger partial charge in [-0.05, 0) is 78.6 Å². The van der Waals surface area contributed by atoms with E-state index in [1.54, 1.807) is 6.07 Å². The molecule has 6 nitrogen and oxygen atoms in total. The minimum Gasteiger partial charge on any atom is -0.477 e. The minimum atomic E-state index is -1.07. The Morgan fingerprint density at radius 3 is 2.29 bits per heavy atom. The molecule has 7 rings (SSSR count). The fourth-order valence-corrected chi connectivity index (χ4v) is 5.67. The third-order valence-corrected chi connectivity index (χ3v) is 7.41. The summed E-state index contributed by atoms with van der Waals surface area (Å²) in [5, 5.41) is 11.0. The molecule has 7 aromatic rings. The first-order valence-electron chi connectivity index (χ1n) is 13.4. The van der Waals surface area contributed by atoms with Crippen molar-refractivity contribution in [3.8, 4) is 39.5 Å². The average molecular weight is 535 g/mol. The number of H-pyrrole nitrogens is 1. The van der Waals surface area contributed by atoms with Gasteiger partial charge in [-0.2, -0.15) is 0 Å². The molecule has 0 radical (unpaired) electrons. The maximum Gasteiger partial charge on any atom is 0.354 e. The quantitative estimate of drug-likeness (QED) is 0.233.